The second kappa shape index (κ2) is 6.68. The van der Waals surface area contributed by atoms with Crippen molar-refractivity contribution < 1.29 is 22.7 Å². The van der Waals surface area contributed by atoms with E-state index < -0.39 is 18.3 Å². The molecule has 0 saturated carbocycles. The van der Waals surface area contributed by atoms with Crippen LogP contribution in [0.25, 0.3) is 0 Å². The lowest BCUT2D eigenvalue weighted by atomic mass is 10.0. The zero-order chi connectivity index (χ0) is 16.2. The molecule has 1 aliphatic heterocycles. The van der Waals surface area contributed by atoms with Crippen molar-refractivity contribution in [3.8, 4) is 0 Å². The molecular weight excluding hydrogens is 295 g/mol. The van der Waals surface area contributed by atoms with E-state index in [1.165, 1.54) is 12.2 Å². The average molecular weight is 311 g/mol. The summed E-state index contributed by atoms with van der Waals surface area (Å²) in [5.74, 6) is 0. The third-order valence-electron chi connectivity index (χ3n) is 3.41. The predicted molar refractivity (Wildman–Crippen MR) is 76.1 cm³/mol. The van der Waals surface area contributed by atoms with E-state index in [1.54, 1.807) is 30.3 Å². The highest BCUT2D eigenvalue weighted by molar-refractivity contribution is 5.69. The molecule has 6 heteroatoms. The Kier molecular flexibility index (Phi) is 4.90. The van der Waals surface area contributed by atoms with Gasteiger partial charge in [0.05, 0.1) is 0 Å². The Labute approximate surface area is 126 Å². The number of carbonyl (C=O) groups is 1. The first kappa shape index (κ1) is 16.1. The Morgan fingerprint density at radius 2 is 2.05 bits per heavy atom. The van der Waals surface area contributed by atoms with Crippen LogP contribution in [0.2, 0.25) is 0 Å². The summed E-state index contributed by atoms with van der Waals surface area (Å²) in [6.45, 7) is 3.32. The molecule has 22 heavy (non-hydrogen) atoms. The molecule has 1 atom stereocenters. The molecule has 3 nitrogen and oxygen atoms in total. The third-order valence-corrected chi connectivity index (χ3v) is 3.41. The normalized spacial score (nSPS) is 18.6. The van der Waals surface area contributed by atoms with Crippen LogP contribution in [0.4, 0.5) is 18.0 Å². The van der Waals surface area contributed by atoms with Crippen molar-refractivity contribution in [2.45, 2.75) is 25.2 Å². The molecule has 2 rings (SSSR count). The van der Waals surface area contributed by atoms with Gasteiger partial charge in [0, 0.05) is 6.54 Å². The van der Waals surface area contributed by atoms with Crippen LogP contribution in [0.5, 0.6) is 0 Å². The molecule has 0 fully saturated rings. The lowest BCUT2D eigenvalue weighted by Crippen LogP contribution is -2.51. The smallest absolute Gasteiger partial charge is 0.410 e. The molecule has 1 aromatic carbocycles. The first-order chi connectivity index (χ1) is 10.4. The highest BCUT2D eigenvalue weighted by atomic mass is 19.4. The molecule has 118 valence electrons. The molecule has 1 heterocycles. The summed E-state index contributed by atoms with van der Waals surface area (Å²) in [4.78, 5) is 12.7. The van der Waals surface area contributed by atoms with Crippen molar-refractivity contribution in [1.29, 1.82) is 0 Å². The number of ether oxygens (including phenoxy) is 1. The number of hydrogen-bond donors (Lipinski definition) is 0. The Hall–Kier alpha value is -2.24. The van der Waals surface area contributed by atoms with Crippen molar-refractivity contribution >= 4 is 6.09 Å². The molecule has 0 radical (unpaired) electrons. The quantitative estimate of drug-likeness (QED) is 0.842. The Balaban J connectivity index is 2.07. The van der Waals surface area contributed by atoms with Crippen LogP contribution in [-0.4, -0.2) is 29.8 Å². The third kappa shape index (κ3) is 3.90. The number of halogens is 3. The predicted octanol–water partition coefficient (Wildman–Crippen LogP) is 4.07. The van der Waals surface area contributed by atoms with E-state index in [9.17, 15) is 18.0 Å². The fourth-order valence-electron chi connectivity index (χ4n) is 2.21. The van der Waals surface area contributed by atoms with Crippen LogP contribution in [-0.2, 0) is 11.3 Å². The summed E-state index contributed by atoms with van der Waals surface area (Å²) in [6, 6.07) is 6.94. The van der Waals surface area contributed by atoms with Gasteiger partial charge in [-0.2, -0.15) is 13.2 Å². The maximum atomic E-state index is 13.0. The van der Waals surface area contributed by atoms with Crippen molar-refractivity contribution in [2.75, 3.05) is 6.54 Å². The summed E-state index contributed by atoms with van der Waals surface area (Å²) in [5.41, 5.74) is 1.30. The number of benzene rings is 1. The lowest BCUT2D eigenvalue weighted by Gasteiger charge is -2.35. The molecular formula is C16H16F3NO2. The summed E-state index contributed by atoms with van der Waals surface area (Å²) in [6.07, 6.45) is -2.85. The number of rotatable bonds is 3. The van der Waals surface area contributed by atoms with E-state index in [1.807, 2.05) is 0 Å². The van der Waals surface area contributed by atoms with Gasteiger partial charge >= 0.3 is 12.3 Å². The van der Waals surface area contributed by atoms with Crippen LogP contribution < -0.4 is 0 Å². The largest absolute Gasteiger partial charge is 0.445 e. The van der Waals surface area contributed by atoms with Gasteiger partial charge in [0.2, 0.25) is 0 Å². The zero-order valence-electron chi connectivity index (χ0n) is 11.8. The molecule has 0 bridgehead atoms. The molecule has 0 aliphatic carbocycles. The second-order valence-electron chi connectivity index (χ2n) is 4.94. The number of hydrogen-bond acceptors (Lipinski definition) is 2. The van der Waals surface area contributed by atoms with E-state index >= 15 is 0 Å². The van der Waals surface area contributed by atoms with Crippen molar-refractivity contribution in [3.63, 3.8) is 0 Å². The number of nitrogens with zero attached hydrogens (tertiary/aromatic N) is 1. The fourth-order valence-corrected chi connectivity index (χ4v) is 2.21. The van der Waals surface area contributed by atoms with Gasteiger partial charge in [-0.1, -0.05) is 49.1 Å². The van der Waals surface area contributed by atoms with Crippen LogP contribution in [0.15, 0.2) is 54.6 Å². The molecule has 0 aromatic heterocycles. The number of carbonyl (C=O) groups excluding carboxylic acids is 1. The van der Waals surface area contributed by atoms with Gasteiger partial charge in [-0.25, -0.2) is 4.79 Å². The second-order valence-corrected chi connectivity index (χ2v) is 4.94. The van der Waals surface area contributed by atoms with Gasteiger partial charge in [-0.05, 0) is 17.6 Å². The van der Waals surface area contributed by atoms with Crippen molar-refractivity contribution in [2.24, 2.45) is 0 Å². The topological polar surface area (TPSA) is 29.5 Å². The molecule has 1 unspecified atom stereocenters. The average Bonchev–Trinajstić information content (AvgIpc) is 2.52. The highest BCUT2D eigenvalue weighted by Crippen LogP contribution is 2.32. The maximum absolute atomic E-state index is 13.0. The van der Waals surface area contributed by atoms with E-state index in [0.29, 0.717) is 10.5 Å². The zero-order valence-corrected chi connectivity index (χ0v) is 11.8. The Bertz CT molecular complexity index is 567. The standard InChI is InChI=1S/C16H16F3NO2/c1-2-12-8-9-14(16(17,18)19)20(10-12)15(21)22-11-13-6-4-3-5-7-13/h2-8,14H,1,9-11H2. The number of alkyl halides is 3. The summed E-state index contributed by atoms with van der Waals surface area (Å²) < 4.78 is 44.1. The van der Waals surface area contributed by atoms with Crippen molar-refractivity contribution in [1.82, 2.24) is 4.90 Å². The van der Waals surface area contributed by atoms with E-state index in [0.717, 1.165) is 5.56 Å². The lowest BCUT2D eigenvalue weighted by molar-refractivity contribution is -0.178. The van der Waals surface area contributed by atoms with Crippen LogP contribution >= 0.6 is 0 Å². The first-order valence-electron chi connectivity index (χ1n) is 6.77. The monoisotopic (exact) mass is 311 g/mol. The van der Waals surface area contributed by atoms with Gasteiger partial charge in [0.1, 0.15) is 12.6 Å². The van der Waals surface area contributed by atoms with Gasteiger partial charge in [-0.3, -0.25) is 4.90 Å². The molecule has 1 aromatic rings. The Morgan fingerprint density at radius 1 is 1.36 bits per heavy atom. The fraction of sp³-hybridized carbons (Fsp3) is 0.312. The molecule has 0 saturated heterocycles. The molecule has 0 N–H and O–H groups in total. The minimum atomic E-state index is -4.49. The van der Waals surface area contributed by atoms with Crippen LogP contribution in [0.3, 0.4) is 0 Å². The SMILES string of the molecule is C=CC1=CCC(C(F)(F)F)N(C(=O)OCc2ccccc2)C1. The van der Waals surface area contributed by atoms with Crippen LogP contribution in [0.1, 0.15) is 12.0 Å². The first-order valence-corrected chi connectivity index (χ1v) is 6.77. The summed E-state index contributed by atoms with van der Waals surface area (Å²) in [5, 5.41) is 0. The molecule has 0 spiro atoms. The minimum absolute atomic E-state index is 0.0616. The minimum Gasteiger partial charge on any atom is -0.445 e. The molecule has 1 amide bonds. The van der Waals surface area contributed by atoms with E-state index in [-0.39, 0.29) is 19.6 Å². The highest BCUT2D eigenvalue weighted by Gasteiger charge is 2.46. The number of amides is 1. The van der Waals surface area contributed by atoms with E-state index in [2.05, 4.69) is 6.58 Å². The molecule has 1 aliphatic rings. The van der Waals surface area contributed by atoms with E-state index in [4.69, 9.17) is 4.74 Å². The maximum Gasteiger partial charge on any atom is 0.410 e. The van der Waals surface area contributed by atoms with Gasteiger partial charge in [0.15, 0.2) is 0 Å². The van der Waals surface area contributed by atoms with Crippen LogP contribution in [0, 0.1) is 0 Å². The van der Waals surface area contributed by atoms with Gasteiger partial charge < -0.3 is 4.74 Å². The van der Waals surface area contributed by atoms with Crippen molar-refractivity contribution in [3.05, 3.63) is 60.2 Å². The van der Waals surface area contributed by atoms with Gasteiger partial charge in [0.25, 0.3) is 0 Å². The summed E-state index contributed by atoms with van der Waals surface area (Å²) in [7, 11) is 0. The van der Waals surface area contributed by atoms with Gasteiger partial charge in [-0.15, -0.1) is 0 Å². The summed E-state index contributed by atoms with van der Waals surface area (Å²) >= 11 is 0. The Morgan fingerprint density at radius 3 is 2.64 bits per heavy atom.